The molecule has 0 atom stereocenters. The summed E-state index contributed by atoms with van der Waals surface area (Å²) in [6, 6.07) is 0. The third kappa shape index (κ3) is 3.29. The summed E-state index contributed by atoms with van der Waals surface area (Å²) >= 11 is 3.62. The molecule has 0 saturated carbocycles. The number of thioether (sulfide) groups is 1. The van der Waals surface area contributed by atoms with E-state index in [9.17, 15) is 0 Å². The molecule has 4 heteroatoms. The molecule has 0 saturated heterocycles. The summed E-state index contributed by atoms with van der Waals surface area (Å²) in [7, 11) is 0. The first-order valence-electron chi connectivity index (χ1n) is 4.36. The van der Waals surface area contributed by atoms with Gasteiger partial charge in [0, 0.05) is 22.4 Å². The molecule has 0 radical (unpaired) electrons. The summed E-state index contributed by atoms with van der Waals surface area (Å²) in [5.74, 6) is 2.15. The van der Waals surface area contributed by atoms with Crippen LogP contribution in [0.1, 0.15) is 30.7 Å². The van der Waals surface area contributed by atoms with Gasteiger partial charge in [0.25, 0.3) is 0 Å². The maximum Gasteiger partial charge on any atom is 0.103 e. The Bertz CT molecular complexity index is 263. The van der Waals surface area contributed by atoms with Crippen LogP contribution in [0.2, 0.25) is 0 Å². The van der Waals surface area contributed by atoms with Gasteiger partial charge in [-0.05, 0) is 19.6 Å². The van der Waals surface area contributed by atoms with Crippen molar-refractivity contribution in [1.82, 2.24) is 4.98 Å². The van der Waals surface area contributed by atoms with Gasteiger partial charge in [0.2, 0.25) is 0 Å². The van der Waals surface area contributed by atoms with Gasteiger partial charge < -0.3 is 5.73 Å². The van der Waals surface area contributed by atoms with Gasteiger partial charge in [-0.25, -0.2) is 4.98 Å². The molecule has 1 aromatic heterocycles. The van der Waals surface area contributed by atoms with Crippen molar-refractivity contribution in [2.45, 2.75) is 32.1 Å². The molecular formula is C9H16N2S2. The van der Waals surface area contributed by atoms with Crippen LogP contribution in [-0.2, 0) is 11.3 Å². The van der Waals surface area contributed by atoms with E-state index in [2.05, 4.69) is 11.9 Å². The lowest BCUT2D eigenvalue weighted by Gasteiger charge is -2.14. The lowest BCUT2D eigenvalue weighted by molar-refractivity contribution is 0.566. The zero-order chi connectivity index (χ0) is 9.90. The number of rotatable bonds is 4. The van der Waals surface area contributed by atoms with Crippen LogP contribution >= 0.6 is 23.1 Å². The summed E-state index contributed by atoms with van der Waals surface area (Å²) < 4.78 is 0. The van der Waals surface area contributed by atoms with Crippen LogP contribution in [0, 0.1) is 0 Å². The molecule has 0 spiro atoms. The highest BCUT2D eigenvalue weighted by Gasteiger charge is 2.17. The van der Waals surface area contributed by atoms with E-state index in [0.29, 0.717) is 0 Å². The van der Waals surface area contributed by atoms with Crippen LogP contribution in [0.4, 0.5) is 0 Å². The molecule has 2 N–H and O–H groups in total. The van der Waals surface area contributed by atoms with Crippen molar-refractivity contribution in [3.05, 3.63) is 16.1 Å². The van der Waals surface area contributed by atoms with Gasteiger partial charge >= 0.3 is 0 Å². The molecule has 0 aliphatic rings. The third-order valence-corrected chi connectivity index (χ3v) is 4.02. The number of hydrogen-bond donors (Lipinski definition) is 1. The maximum atomic E-state index is 5.96. The fourth-order valence-electron chi connectivity index (χ4n) is 0.864. The zero-order valence-corrected chi connectivity index (χ0v) is 9.97. The summed E-state index contributed by atoms with van der Waals surface area (Å²) in [4.78, 5) is 5.50. The molecule has 1 rings (SSSR count). The molecule has 0 unspecified atom stereocenters. The van der Waals surface area contributed by atoms with Crippen molar-refractivity contribution in [2.24, 2.45) is 5.73 Å². The van der Waals surface area contributed by atoms with Gasteiger partial charge in [-0.3, -0.25) is 0 Å². The lowest BCUT2D eigenvalue weighted by atomic mass is 10.1. The van der Waals surface area contributed by atoms with E-state index >= 15 is 0 Å². The van der Waals surface area contributed by atoms with Crippen LogP contribution in [0.15, 0.2) is 6.20 Å². The summed E-state index contributed by atoms with van der Waals surface area (Å²) in [5.41, 5.74) is 5.72. The van der Waals surface area contributed by atoms with Crippen LogP contribution in [-0.4, -0.2) is 10.7 Å². The quantitative estimate of drug-likeness (QED) is 0.841. The molecule has 13 heavy (non-hydrogen) atoms. The van der Waals surface area contributed by atoms with Gasteiger partial charge in [-0.15, -0.1) is 11.3 Å². The Morgan fingerprint density at radius 2 is 2.31 bits per heavy atom. The van der Waals surface area contributed by atoms with Crippen LogP contribution in [0.25, 0.3) is 0 Å². The highest BCUT2D eigenvalue weighted by Crippen LogP contribution is 2.25. The molecular weight excluding hydrogens is 200 g/mol. The molecule has 0 amide bonds. The highest BCUT2D eigenvalue weighted by molar-refractivity contribution is 7.98. The molecule has 74 valence electrons. The normalized spacial score (nSPS) is 12.0. The number of thiazole rings is 1. The molecule has 1 heterocycles. The molecule has 0 bridgehead atoms. The van der Waals surface area contributed by atoms with E-state index in [0.717, 1.165) is 11.5 Å². The monoisotopic (exact) mass is 216 g/mol. The van der Waals surface area contributed by atoms with Crippen molar-refractivity contribution < 1.29 is 0 Å². The predicted molar refractivity (Wildman–Crippen MR) is 61.2 cm³/mol. The largest absolute Gasteiger partial charge is 0.321 e. The van der Waals surface area contributed by atoms with Crippen LogP contribution in [0.5, 0.6) is 0 Å². The second kappa shape index (κ2) is 4.44. The van der Waals surface area contributed by atoms with Crippen LogP contribution < -0.4 is 5.73 Å². The second-order valence-electron chi connectivity index (χ2n) is 3.48. The van der Waals surface area contributed by atoms with Gasteiger partial charge in [0.15, 0.2) is 0 Å². The van der Waals surface area contributed by atoms with E-state index in [1.165, 1.54) is 9.88 Å². The minimum atomic E-state index is -0.243. The molecule has 2 nitrogen and oxygen atoms in total. The summed E-state index contributed by atoms with van der Waals surface area (Å²) in [6.07, 6.45) is 1.90. The van der Waals surface area contributed by atoms with Gasteiger partial charge in [0.05, 0.1) is 0 Å². The average molecular weight is 216 g/mol. The summed E-state index contributed by atoms with van der Waals surface area (Å²) in [5, 5.41) is 1.18. The van der Waals surface area contributed by atoms with E-state index in [1.807, 2.05) is 31.8 Å². The van der Waals surface area contributed by atoms with Crippen molar-refractivity contribution in [1.29, 1.82) is 0 Å². The lowest BCUT2D eigenvalue weighted by Crippen LogP contribution is -2.27. The van der Waals surface area contributed by atoms with Gasteiger partial charge in [0.1, 0.15) is 5.01 Å². The smallest absolute Gasteiger partial charge is 0.103 e. The standard InChI is InChI=1S/C9H16N2S2/c1-4-12-6-8-11-5-7(13-8)9(2,3)10/h5H,4,6,10H2,1-3H3. The van der Waals surface area contributed by atoms with E-state index < -0.39 is 0 Å². The van der Waals surface area contributed by atoms with Crippen molar-refractivity contribution >= 4 is 23.1 Å². The predicted octanol–water partition coefficient (Wildman–Crippen LogP) is 2.59. The Morgan fingerprint density at radius 3 is 2.77 bits per heavy atom. The zero-order valence-electron chi connectivity index (χ0n) is 8.33. The topological polar surface area (TPSA) is 38.9 Å². The average Bonchev–Trinajstić information content (AvgIpc) is 2.47. The van der Waals surface area contributed by atoms with Crippen LogP contribution in [0.3, 0.4) is 0 Å². The van der Waals surface area contributed by atoms with Crippen molar-refractivity contribution in [3.8, 4) is 0 Å². The van der Waals surface area contributed by atoms with Crippen molar-refractivity contribution in [3.63, 3.8) is 0 Å². The van der Waals surface area contributed by atoms with E-state index in [4.69, 9.17) is 5.73 Å². The Hall–Kier alpha value is -0.0600. The van der Waals surface area contributed by atoms with Gasteiger partial charge in [-0.2, -0.15) is 11.8 Å². The number of aromatic nitrogens is 1. The fraction of sp³-hybridized carbons (Fsp3) is 0.667. The Morgan fingerprint density at radius 1 is 1.62 bits per heavy atom. The minimum Gasteiger partial charge on any atom is -0.321 e. The summed E-state index contributed by atoms with van der Waals surface area (Å²) in [6.45, 7) is 6.18. The Labute approximate surface area is 87.9 Å². The van der Waals surface area contributed by atoms with Gasteiger partial charge in [-0.1, -0.05) is 6.92 Å². The van der Waals surface area contributed by atoms with Crippen molar-refractivity contribution in [2.75, 3.05) is 5.75 Å². The third-order valence-electron chi connectivity index (χ3n) is 1.62. The Kier molecular flexibility index (Phi) is 3.76. The number of nitrogens with two attached hydrogens (primary N) is 1. The molecule has 1 aromatic rings. The number of nitrogens with zero attached hydrogens (tertiary/aromatic N) is 1. The van der Waals surface area contributed by atoms with E-state index in [1.54, 1.807) is 11.3 Å². The first-order valence-corrected chi connectivity index (χ1v) is 6.33. The molecule has 0 aliphatic heterocycles. The second-order valence-corrected chi connectivity index (χ2v) is 5.87. The Balaban J connectivity index is 2.64. The molecule has 0 fully saturated rings. The first kappa shape index (κ1) is 11.0. The SMILES string of the molecule is CCSCc1ncc(C(C)(C)N)s1. The fourth-order valence-corrected chi connectivity index (χ4v) is 2.53. The minimum absolute atomic E-state index is 0.243. The van der Waals surface area contributed by atoms with E-state index in [-0.39, 0.29) is 5.54 Å². The molecule has 0 aromatic carbocycles. The highest BCUT2D eigenvalue weighted by atomic mass is 32.2. The molecule has 0 aliphatic carbocycles. The number of hydrogen-bond acceptors (Lipinski definition) is 4. The maximum absolute atomic E-state index is 5.96. The first-order chi connectivity index (χ1) is 6.04.